The summed E-state index contributed by atoms with van der Waals surface area (Å²) >= 11 is -0.408. The molecule has 0 fully saturated rings. The van der Waals surface area contributed by atoms with Crippen molar-refractivity contribution in [3.8, 4) is 11.9 Å². The zero-order valence-corrected chi connectivity index (χ0v) is 15.3. The second kappa shape index (κ2) is 6.81. The van der Waals surface area contributed by atoms with E-state index < -0.39 is 15.8 Å². The van der Waals surface area contributed by atoms with Crippen molar-refractivity contribution >= 4 is 37.4 Å². The van der Waals surface area contributed by atoms with E-state index in [1.54, 1.807) is 23.1 Å². The summed E-state index contributed by atoms with van der Waals surface area (Å²) in [5.74, 6) is 0.664. The average Bonchev–Trinajstić information content (AvgIpc) is 2.99. The molecular formula is C16H15AsN6O. The summed E-state index contributed by atoms with van der Waals surface area (Å²) in [6, 6.07) is 5.80. The number of fused-ring (bicyclic) bond motifs is 1. The van der Waals surface area contributed by atoms with Gasteiger partial charge in [0.2, 0.25) is 0 Å². The molecule has 0 aliphatic rings. The van der Waals surface area contributed by atoms with Gasteiger partial charge in [0, 0.05) is 0 Å². The van der Waals surface area contributed by atoms with E-state index >= 15 is 0 Å². The molecule has 1 N–H and O–H groups in total. The Bertz CT molecular complexity index is 957. The fraction of sp³-hybridized carbons (Fsp3) is 0.188. The second-order valence-electron chi connectivity index (χ2n) is 5.48. The molecule has 120 valence electrons. The summed E-state index contributed by atoms with van der Waals surface area (Å²) < 4.78 is 3.37. The molecule has 0 saturated heterocycles. The normalized spacial score (nSPS) is 11.9. The minimum absolute atomic E-state index is 0.408. The van der Waals surface area contributed by atoms with Gasteiger partial charge in [-0.05, 0) is 0 Å². The molecule has 0 radical (unpaired) electrons. The van der Waals surface area contributed by atoms with Crippen LogP contribution in [-0.4, -0.2) is 46.9 Å². The third-order valence-corrected chi connectivity index (χ3v) is 6.09. The van der Waals surface area contributed by atoms with Crippen molar-refractivity contribution < 1.29 is 5.21 Å². The number of nitriles is 1. The van der Waals surface area contributed by atoms with Gasteiger partial charge < -0.3 is 0 Å². The van der Waals surface area contributed by atoms with Gasteiger partial charge in [-0.15, -0.1) is 0 Å². The number of oxime groups is 1. The van der Waals surface area contributed by atoms with Crippen molar-refractivity contribution in [2.45, 2.75) is 18.6 Å². The first kappa shape index (κ1) is 16.2. The van der Waals surface area contributed by atoms with Crippen LogP contribution in [0.4, 0.5) is 0 Å². The molecule has 1 unspecified atom stereocenters. The Kier molecular flexibility index (Phi) is 4.59. The zero-order chi connectivity index (χ0) is 17.1. The van der Waals surface area contributed by atoms with Gasteiger partial charge in [0.1, 0.15) is 0 Å². The second-order valence-corrected chi connectivity index (χ2v) is 9.64. The molecule has 0 saturated carbocycles. The summed E-state index contributed by atoms with van der Waals surface area (Å²) in [5.41, 5.74) is 1.98. The molecule has 0 amide bonds. The predicted octanol–water partition coefficient (Wildman–Crippen LogP) is 1.39. The number of rotatable bonds is 4. The van der Waals surface area contributed by atoms with E-state index in [1.807, 2.05) is 6.07 Å². The molecule has 0 aromatic carbocycles. The summed E-state index contributed by atoms with van der Waals surface area (Å²) in [5, 5.41) is 26.1. The molecule has 1 atom stereocenters. The van der Waals surface area contributed by atoms with Crippen LogP contribution in [0.5, 0.6) is 0 Å². The Morgan fingerprint density at radius 2 is 2.12 bits per heavy atom. The van der Waals surface area contributed by atoms with Gasteiger partial charge in [0.25, 0.3) is 0 Å². The molecule has 0 aliphatic carbocycles. The van der Waals surface area contributed by atoms with Crippen LogP contribution < -0.4 is 4.35 Å². The first-order chi connectivity index (χ1) is 11.6. The van der Waals surface area contributed by atoms with E-state index in [0.29, 0.717) is 21.7 Å². The van der Waals surface area contributed by atoms with Crippen LogP contribution in [0.25, 0.3) is 16.9 Å². The molecular weight excluding hydrogens is 367 g/mol. The molecule has 0 aliphatic heterocycles. The maximum absolute atomic E-state index is 8.96. The molecule has 3 aromatic heterocycles. The molecule has 3 rings (SSSR count). The summed E-state index contributed by atoms with van der Waals surface area (Å²) in [6.07, 6.45) is 6.30. The minimum atomic E-state index is -0.408. The van der Waals surface area contributed by atoms with Crippen molar-refractivity contribution in [3.05, 3.63) is 41.9 Å². The average molecular weight is 382 g/mol. The van der Waals surface area contributed by atoms with Crippen LogP contribution >= 0.6 is 0 Å². The van der Waals surface area contributed by atoms with Crippen molar-refractivity contribution in [1.29, 1.82) is 5.26 Å². The first-order valence-corrected chi connectivity index (χ1v) is 9.56. The quantitative estimate of drug-likeness (QED) is 0.318. The SMILES string of the molecule is CC(C)[AsH]c1cc(-n2ncc3cc(C#N)cnc32)ncc1/C=N/O. The van der Waals surface area contributed by atoms with Crippen molar-refractivity contribution in [3.63, 3.8) is 0 Å². The number of nitrogens with zero attached hydrogens (tertiary/aromatic N) is 6. The van der Waals surface area contributed by atoms with E-state index in [-0.39, 0.29) is 0 Å². The van der Waals surface area contributed by atoms with Crippen LogP contribution in [0, 0.1) is 11.3 Å². The van der Waals surface area contributed by atoms with Gasteiger partial charge in [-0.2, -0.15) is 0 Å². The number of aromatic nitrogens is 4. The molecule has 0 spiro atoms. The topological polar surface area (TPSA) is 100.0 Å². The first-order valence-electron chi connectivity index (χ1n) is 7.30. The van der Waals surface area contributed by atoms with E-state index in [0.717, 1.165) is 15.3 Å². The van der Waals surface area contributed by atoms with Crippen LogP contribution in [0.3, 0.4) is 0 Å². The zero-order valence-electron chi connectivity index (χ0n) is 13.2. The fourth-order valence-corrected chi connectivity index (χ4v) is 4.69. The standard InChI is InChI=1S/C16H15AsN6O/c1-10(2)17-14-4-15(19-7-13(14)9-22-24)23-16-12(8-21-23)3-11(5-18)6-20-16/h3-4,6-10,17,24H,1-2H3/b22-9+. The third-order valence-electron chi connectivity index (χ3n) is 3.32. The third kappa shape index (κ3) is 3.15. The van der Waals surface area contributed by atoms with Crippen LogP contribution in [0.1, 0.15) is 25.0 Å². The molecule has 7 nitrogen and oxygen atoms in total. The monoisotopic (exact) mass is 382 g/mol. The maximum atomic E-state index is 8.96. The number of hydrogen-bond acceptors (Lipinski definition) is 6. The number of pyridine rings is 2. The van der Waals surface area contributed by atoms with E-state index in [1.165, 1.54) is 12.4 Å². The van der Waals surface area contributed by atoms with E-state index in [2.05, 4.69) is 40.1 Å². The van der Waals surface area contributed by atoms with E-state index in [9.17, 15) is 0 Å². The van der Waals surface area contributed by atoms with Crippen molar-refractivity contribution in [2.24, 2.45) is 5.16 Å². The van der Waals surface area contributed by atoms with Crippen LogP contribution in [-0.2, 0) is 0 Å². The molecule has 3 aromatic rings. The Labute approximate surface area is 145 Å². The molecule has 0 bridgehead atoms. The summed E-state index contributed by atoms with van der Waals surface area (Å²) in [7, 11) is 0. The van der Waals surface area contributed by atoms with Gasteiger partial charge in [-0.25, -0.2) is 0 Å². The fourth-order valence-electron chi connectivity index (χ4n) is 2.32. The Hall–Kier alpha value is -2.71. The van der Waals surface area contributed by atoms with Gasteiger partial charge in [0.15, 0.2) is 0 Å². The molecule has 24 heavy (non-hydrogen) atoms. The van der Waals surface area contributed by atoms with Gasteiger partial charge in [0.05, 0.1) is 0 Å². The molecule has 3 heterocycles. The summed E-state index contributed by atoms with van der Waals surface area (Å²) in [6.45, 7) is 4.35. The van der Waals surface area contributed by atoms with Gasteiger partial charge >= 0.3 is 145 Å². The van der Waals surface area contributed by atoms with Gasteiger partial charge in [-0.3, -0.25) is 0 Å². The van der Waals surface area contributed by atoms with Crippen LogP contribution in [0.15, 0.2) is 35.9 Å². The van der Waals surface area contributed by atoms with E-state index in [4.69, 9.17) is 10.5 Å². The van der Waals surface area contributed by atoms with Crippen molar-refractivity contribution in [1.82, 2.24) is 19.7 Å². The predicted molar refractivity (Wildman–Crippen MR) is 92.6 cm³/mol. The number of hydrogen-bond donors (Lipinski definition) is 1. The Balaban J connectivity index is 2.11. The molecule has 8 heteroatoms. The Morgan fingerprint density at radius 1 is 1.29 bits per heavy atom. The van der Waals surface area contributed by atoms with Gasteiger partial charge in [-0.1, -0.05) is 0 Å². The summed E-state index contributed by atoms with van der Waals surface area (Å²) in [4.78, 5) is 8.73. The van der Waals surface area contributed by atoms with Crippen LogP contribution in [0.2, 0.25) is 4.71 Å². The Morgan fingerprint density at radius 3 is 2.83 bits per heavy atom. The van der Waals surface area contributed by atoms with Crippen molar-refractivity contribution in [2.75, 3.05) is 0 Å².